The van der Waals surface area contributed by atoms with Gasteiger partial charge in [-0.25, -0.2) is 9.67 Å². The van der Waals surface area contributed by atoms with Crippen molar-refractivity contribution >= 4 is 51.6 Å². The number of aryl methyl sites for hydroxylation is 1. The molecule has 2 amide bonds. The van der Waals surface area contributed by atoms with Gasteiger partial charge in [0, 0.05) is 28.9 Å². The van der Waals surface area contributed by atoms with Crippen LogP contribution in [0.25, 0.3) is 16.7 Å². The molecule has 0 radical (unpaired) electrons. The summed E-state index contributed by atoms with van der Waals surface area (Å²) in [5, 5.41) is 16.8. The van der Waals surface area contributed by atoms with Crippen LogP contribution in [0.2, 0.25) is 10.0 Å². The summed E-state index contributed by atoms with van der Waals surface area (Å²) in [4.78, 5) is 31.1. The zero-order chi connectivity index (χ0) is 27.7. The number of alkyl halides is 3. The summed E-state index contributed by atoms with van der Waals surface area (Å²) in [5.41, 5.74) is -1.28. The first-order chi connectivity index (χ1) is 18.5. The van der Waals surface area contributed by atoms with Crippen molar-refractivity contribution in [2.45, 2.75) is 44.3 Å². The van der Waals surface area contributed by atoms with Crippen LogP contribution < -0.4 is 10.6 Å². The van der Waals surface area contributed by atoms with Gasteiger partial charge in [-0.1, -0.05) is 23.2 Å². The number of carbonyl (C=O) groups excluding carboxylic acids is 2. The summed E-state index contributed by atoms with van der Waals surface area (Å²) < 4.78 is 41.5. The fourth-order valence-corrected chi connectivity index (χ4v) is 5.29. The van der Waals surface area contributed by atoms with Crippen molar-refractivity contribution in [3.05, 3.63) is 63.2 Å². The molecule has 0 saturated heterocycles. The summed E-state index contributed by atoms with van der Waals surface area (Å²) in [6.07, 6.45) is 0.197. The fourth-order valence-electron chi connectivity index (χ4n) is 4.83. The lowest BCUT2D eigenvalue weighted by molar-refractivity contribution is -0.141. The number of nitrogens with one attached hydrogen (secondary N) is 3. The number of H-pyrrole nitrogens is 1. The normalized spacial score (nSPS) is 16.4. The number of amides is 2. The van der Waals surface area contributed by atoms with Crippen LogP contribution in [0.1, 0.15) is 57.9 Å². The third-order valence-corrected chi connectivity index (χ3v) is 7.73. The molecule has 3 aromatic heterocycles. The summed E-state index contributed by atoms with van der Waals surface area (Å²) in [7, 11) is 0. The van der Waals surface area contributed by atoms with Crippen molar-refractivity contribution in [1.29, 1.82) is 0 Å². The van der Waals surface area contributed by atoms with E-state index in [2.05, 4.69) is 30.9 Å². The van der Waals surface area contributed by atoms with Gasteiger partial charge in [-0.05, 0) is 56.7 Å². The smallest absolute Gasteiger partial charge is 0.346 e. The summed E-state index contributed by atoms with van der Waals surface area (Å²) >= 11 is 12.7. The monoisotopic (exact) mass is 577 g/mol. The molecule has 6 rings (SSSR count). The molecule has 39 heavy (non-hydrogen) atoms. The van der Waals surface area contributed by atoms with E-state index in [0.29, 0.717) is 27.7 Å². The number of carbonyl (C=O) groups is 2. The zero-order valence-corrected chi connectivity index (χ0v) is 21.8. The first-order valence-electron chi connectivity index (χ1n) is 12.1. The van der Waals surface area contributed by atoms with Gasteiger partial charge in [0.25, 0.3) is 11.8 Å². The van der Waals surface area contributed by atoms with Crippen LogP contribution in [-0.4, -0.2) is 42.3 Å². The van der Waals surface area contributed by atoms with E-state index in [4.69, 9.17) is 23.2 Å². The van der Waals surface area contributed by atoms with Gasteiger partial charge < -0.3 is 10.6 Å². The molecule has 2 fully saturated rings. The average molecular weight is 578 g/mol. The molecule has 2 aliphatic carbocycles. The molecule has 2 aliphatic rings. The van der Waals surface area contributed by atoms with Crippen molar-refractivity contribution < 1.29 is 22.8 Å². The Morgan fingerprint density at radius 1 is 1.15 bits per heavy atom. The molecule has 0 unspecified atom stereocenters. The summed E-state index contributed by atoms with van der Waals surface area (Å²) in [6, 6.07) is 5.00. The standard InChI is InChI=1S/C25H20Cl2F3N7O2/c1-11-13-9-15(27)20(18(19(13)35-34-11)23(39)33-24(6-7-24)12-4-5-12)32-22(38)16-10-17(25(28,29)30)36-37(16)21-14(26)3-2-8-31-21/h2-3,8-10,12H,4-7H2,1H3,(H,32,38)(H,33,39)(H,34,35). The number of hydrogen-bond acceptors (Lipinski definition) is 5. The van der Waals surface area contributed by atoms with Crippen molar-refractivity contribution in [1.82, 2.24) is 30.3 Å². The lowest BCUT2D eigenvalue weighted by atomic mass is 10.0. The van der Waals surface area contributed by atoms with Gasteiger partial charge in [0.15, 0.2) is 11.5 Å². The Balaban J connectivity index is 1.44. The SMILES string of the molecule is Cc1[nH]nc2c(C(=O)NC3(C4CC4)CC3)c(NC(=O)c3cc(C(F)(F)F)nn3-c3ncccc3Cl)c(Cl)cc12. The topological polar surface area (TPSA) is 118 Å². The predicted octanol–water partition coefficient (Wildman–Crippen LogP) is 5.70. The number of halogens is 5. The second-order valence-corrected chi connectivity index (χ2v) is 10.6. The average Bonchev–Trinajstić information content (AvgIpc) is 3.79. The van der Waals surface area contributed by atoms with E-state index in [9.17, 15) is 22.8 Å². The third kappa shape index (κ3) is 4.51. The minimum Gasteiger partial charge on any atom is -0.346 e. The van der Waals surface area contributed by atoms with Crippen LogP contribution in [0.3, 0.4) is 0 Å². The molecule has 0 atom stereocenters. The highest BCUT2D eigenvalue weighted by atomic mass is 35.5. The predicted molar refractivity (Wildman–Crippen MR) is 137 cm³/mol. The molecule has 2 saturated carbocycles. The van der Waals surface area contributed by atoms with Crippen LogP contribution >= 0.6 is 23.2 Å². The van der Waals surface area contributed by atoms with Crippen molar-refractivity contribution in [2.75, 3.05) is 5.32 Å². The number of nitrogens with zero attached hydrogens (tertiary/aromatic N) is 4. The van der Waals surface area contributed by atoms with Gasteiger partial charge in [0.05, 0.1) is 21.3 Å². The number of rotatable bonds is 6. The second-order valence-electron chi connectivity index (χ2n) is 9.83. The Morgan fingerprint density at radius 3 is 2.54 bits per heavy atom. The van der Waals surface area contributed by atoms with Crippen LogP contribution in [0, 0.1) is 12.8 Å². The van der Waals surface area contributed by atoms with E-state index in [-0.39, 0.29) is 38.2 Å². The Labute approximate surface area is 229 Å². The van der Waals surface area contributed by atoms with Gasteiger partial charge in [0.1, 0.15) is 11.2 Å². The molecule has 0 bridgehead atoms. The van der Waals surface area contributed by atoms with Crippen LogP contribution in [-0.2, 0) is 6.18 Å². The van der Waals surface area contributed by atoms with E-state index in [1.165, 1.54) is 24.4 Å². The zero-order valence-electron chi connectivity index (χ0n) is 20.3. The van der Waals surface area contributed by atoms with Gasteiger partial charge in [-0.15, -0.1) is 0 Å². The number of aromatic nitrogens is 5. The highest BCUT2D eigenvalue weighted by Gasteiger charge is 2.55. The van der Waals surface area contributed by atoms with Crippen LogP contribution in [0.15, 0.2) is 30.5 Å². The van der Waals surface area contributed by atoms with Crippen LogP contribution in [0.4, 0.5) is 18.9 Å². The summed E-state index contributed by atoms with van der Waals surface area (Å²) in [5.74, 6) is -1.27. The Kier molecular flexibility index (Phi) is 5.88. The minimum absolute atomic E-state index is 0.0137. The molecule has 0 aliphatic heterocycles. The molecule has 202 valence electrons. The van der Waals surface area contributed by atoms with Gasteiger partial charge in [-0.2, -0.15) is 23.4 Å². The largest absolute Gasteiger partial charge is 0.435 e. The lowest BCUT2D eigenvalue weighted by Crippen LogP contribution is -2.39. The maximum Gasteiger partial charge on any atom is 0.435 e. The Morgan fingerprint density at radius 2 is 1.90 bits per heavy atom. The molecule has 0 spiro atoms. The van der Waals surface area contributed by atoms with Crippen molar-refractivity contribution in [2.24, 2.45) is 5.92 Å². The number of aromatic amines is 1. The number of anilines is 1. The second kappa shape index (κ2) is 8.95. The number of benzene rings is 1. The fraction of sp³-hybridized carbons (Fsp3) is 0.320. The quantitative estimate of drug-likeness (QED) is 0.271. The molecular weight excluding hydrogens is 558 g/mol. The number of hydrogen-bond donors (Lipinski definition) is 3. The van der Waals surface area contributed by atoms with E-state index in [1.54, 1.807) is 6.92 Å². The lowest BCUT2D eigenvalue weighted by Gasteiger charge is -2.19. The van der Waals surface area contributed by atoms with E-state index >= 15 is 0 Å². The highest BCUT2D eigenvalue weighted by Crippen LogP contribution is 2.54. The molecule has 1 aromatic carbocycles. The van der Waals surface area contributed by atoms with E-state index in [1.807, 2.05) is 0 Å². The molecule has 9 nitrogen and oxygen atoms in total. The Bertz CT molecular complexity index is 1660. The first-order valence-corrected chi connectivity index (χ1v) is 12.8. The molecular formula is C25H20Cl2F3N7O2. The highest BCUT2D eigenvalue weighted by molar-refractivity contribution is 6.36. The van der Waals surface area contributed by atoms with Crippen LogP contribution in [0.5, 0.6) is 0 Å². The molecule has 14 heteroatoms. The first kappa shape index (κ1) is 25.6. The molecule has 4 aromatic rings. The van der Waals surface area contributed by atoms with Crippen molar-refractivity contribution in [3.8, 4) is 5.82 Å². The van der Waals surface area contributed by atoms with E-state index in [0.717, 1.165) is 25.7 Å². The molecule has 3 N–H and O–H groups in total. The van der Waals surface area contributed by atoms with Gasteiger partial charge >= 0.3 is 6.18 Å². The Hall–Kier alpha value is -3.64. The number of fused-ring (bicyclic) bond motifs is 1. The summed E-state index contributed by atoms with van der Waals surface area (Å²) in [6.45, 7) is 1.76. The number of pyridine rings is 1. The third-order valence-electron chi connectivity index (χ3n) is 7.14. The van der Waals surface area contributed by atoms with E-state index < -0.39 is 29.4 Å². The molecule has 3 heterocycles. The maximum absolute atomic E-state index is 13.6. The van der Waals surface area contributed by atoms with Gasteiger partial charge in [0.2, 0.25) is 0 Å². The van der Waals surface area contributed by atoms with Gasteiger partial charge in [-0.3, -0.25) is 14.7 Å². The van der Waals surface area contributed by atoms with Crippen molar-refractivity contribution in [3.63, 3.8) is 0 Å². The maximum atomic E-state index is 13.6. The minimum atomic E-state index is -4.85.